The molecule has 1 heterocycles. The highest BCUT2D eigenvalue weighted by Crippen LogP contribution is 2.25. The van der Waals surface area contributed by atoms with Crippen LogP contribution in [0.4, 0.5) is 5.69 Å². The molecule has 0 unspecified atom stereocenters. The molecule has 0 atom stereocenters. The molecule has 0 amide bonds. The Morgan fingerprint density at radius 1 is 1.42 bits per heavy atom. The summed E-state index contributed by atoms with van der Waals surface area (Å²) >= 11 is 6.01. The van der Waals surface area contributed by atoms with Gasteiger partial charge in [0.2, 0.25) is 0 Å². The molecule has 102 valence electrons. The van der Waals surface area contributed by atoms with E-state index >= 15 is 0 Å². The van der Waals surface area contributed by atoms with E-state index in [-0.39, 0.29) is 0 Å². The topological polar surface area (TPSA) is 78.8 Å². The molecule has 0 radical (unpaired) electrons. The number of halogens is 1. The highest BCUT2D eigenvalue weighted by atomic mass is 35.5. The standard InChI is InChI=1S/C12H16ClN5O/c1-2-19-7-3-6-18-12(15-16-17-18)9-4-5-11(14)10(13)8-9/h4-5,8H,2-3,6-7,14H2,1H3. The van der Waals surface area contributed by atoms with Crippen molar-refractivity contribution in [1.29, 1.82) is 0 Å². The molecule has 0 aliphatic heterocycles. The second-order valence-electron chi connectivity index (χ2n) is 4.01. The minimum absolute atomic E-state index is 0.501. The summed E-state index contributed by atoms with van der Waals surface area (Å²) in [6.45, 7) is 4.08. The number of tetrazole rings is 1. The number of hydrogen-bond acceptors (Lipinski definition) is 5. The number of anilines is 1. The van der Waals surface area contributed by atoms with E-state index in [9.17, 15) is 0 Å². The molecule has 0 bridgehead atoms. The SMILES string of the molecule is CCOCCCn1nnnc1-c1ccc(N)c(Cl)c1. The molecule has 19 heavy (non-hydrogen) atoms. The van der Waals surface area contributed by atoms with Gasteiger partial charge >= 0.3 is 0 Å². The molecule has 1 aromatic heterocycles. The Balaban J connectivity index is 2.12. The maximum absolute atomic E-state index is 6.01. The summed E-state index contributed by atoms with van der Waals surface area (Å²) in [5.74, 6) is 0.679. The summed E-state index contributed by atoms with van der Waals surface area (Å²) in [6, 6.07) is 5.37. The number of aromatic nitrogens is 4. The van der Waals surface area contributed by atoms with Gasteiger partial charge in [0.05, 0.1) is 10.7 Å². The molecule has 6 nitrogen and oxygen atoms in total. The number of nitrogens with two attached hydrogens (primary N) is 1. The number of benzene rings is 1. The summed E-state index contributed by atoms with van der Waals surface area (Å²) in [6.07, 6.45) is 0.856. The number of nitrogen functional groups attached to an aromatic ring is 1. The van der Waals surface area contributed by atoms with E-state index in [1.54, 1.807) is 16.8 Å². The third-order valence-corrected chi connectivity index (χ3v) is 2.98. The Morgan fingerprint density at radius 3 is 3.00 bits per heavy atom. The first-order valence-corrected chi connectivity index (χ1v) is 6.49. The monoisotopic (exact) mass is 281 g/mol. The van der Waals surface area contributed by atoms with Crippen molar-refractivity contribution in [3.05, 3.63) is 23.2 Å². The summed E-state index contributed by atoms with van der Waals surface area (Å²) in [5.41, 5.74) is 7.08. The first kappa shape index (κ1) is 13.8. The van der Waals surface area contributed by atoms with Gasteiger partial charge in [-0.05, 0) is 42.0 Å². The van der Waals surface area contributed by atoms with E-state index in [0.717, 1.165) is 18.6 Å². The molecular weight excluding hydrogens is 266 g/mol. The van der Waals surface area contributed by atoms with Crippen LogP contribution in [0.15, 0.2) is 18.2 Å². The Hall–Kier alpha value is -1.66. The second kappa shape index (κ2) is 6.49. The Bertz CT molecular complexity index is 543. The smallest absolute Gasteiger partial charge is 0.182 e. The van der Waals surface area contributed by atoms with Crippen LogP contribution >= 0.6 is 11.6 Å². The number of nitrogens with zero attached hydrogens (tertiary/aromatic N) is 4. The molecule has 0 aliphatic carbocycles. The highest BCUT2D eigenvalue weighted by Gasteiger charge is 2.10. The quantitative estimate of drug-likeness (QED) is 0.647. The van der Waals surface area contributed by atoms with Gasteiger partial charge < -0.3 is 10.5 Å². The maximum Gasteiger partial charge on any atom is 0.182 e. The molecule has 0 saturated heterocycles. The van der Waals surface area contributed by atoms with Crippen LogP contribution in [0, 0.1) is 0 Å². The van der Waals surface area contributed by atoms with Crippen LogP contribution in [0.25, 0.3) is 11.4 Å². The molecule has 7 heteroatoms. The molecule has 1 aromatic carbocycles. The zero-order valence-corrected chi connectivity index (χ0v) is 11.5. The van der Waals surface area contributed by atoms with Gasteiger partial charge in [-0.15, -0.1) is 5.10 Å². The fraction of sp³-hybridized carbons (Fsp3) is 0.417. The lowest BCUT2D eigenvalue weighted by Gasteiger charge is -2.06. The zero-order valence-electron chi connectivity index (χ0n) is 10.7. The maximum atomic E-state index is 6.01. The van der Waals surface area contributed by atoms with Crippen molar-refractivity contribution in [1.82, 2.24) is 20.2 Å². The summed E-state index contributed by atoms with van der Waals surface area (Å²) in [5, 5.41) is 12.2. The minimum atomic E-state index is 0.501. The average Bonchev–Trinajstić information content (AvgIpc) is 2.86. The normalized spacial score (nSPS) is 10.8. The fourth-order valence-electron chi connectivity index (χ4n) is 1.69. The largest absolute Gasteiger partial charge is 0.398 e. The number of hydrogen-bond donors (Lipinski definition) is 1. The molecule has 2 N–H and O–H groups in total. The predicted molar refractivity (Wildman–Crippen MR) is 73.8 cm³/mol. The molecule has 0 fully saturated rings. The minimum Gasteiger partial charge on any atom is -0.398 e. The third-order valence-electron chi connectivity index (χ3n) is 2.65. The number of ether oxygens (including phenoxy) is 1. The highest BCUT2D eigenvalue weighted by molar-refractivity contribution is 6.33. The van der Waals surface area contributed by atoms with Crippen LogP contribution in [-0.4, -0.2) is 33.4 Å². The van der Waals surface area contributed by atoms with Crippen LogP contribution in [-0.2, 0) is 11.3 Å². The molecule has 2 rings (SSSR count). The number of rotatable bonds is 6. The third kappa shape index (κ3) is 3.42. The molecule has 2 aromatic rings. The van der Waals surface area contributed by atoms with Crippen molar-refractivity contribution in [3.63, 3.8) is 0 Å². The van der Waals surface area contributed by atoms with E-state index in [1.807, 2.05) is 13.0 Å². The summed E-state index contributed by atoms with van der Waals surface area (Å²) in [4.78, 5) is 0. The van der Waals surface area contributed by atoms with Gasteiger partial charge in [-0.25, -0.2) is 4.68 Å². The Labute approximate surface area is 116 Å². The Kier molecular flexibility index (Phi) is 4.70. The van der Waals surface area contributed by atoms with Gasteiger partial charge in [-0.1, -0.05) is 11.6 Å². The van der Waals surface area contributed by atoms with E-state index < -0.39 is 0 Å². The van der Waals surface area contributed by atoms with Crippen molar-refractivity contribution >= 4 is 17.3 Å². The molecule has 0 spiro atoms. The second-order valence-corrected chi connectivity index (χ2v) is 4.42. The van der Waals surface area contributed by atoms with E-state index in [1.165, 1.54) is 0 Å². The lowest BCUT2D eigenvalue weighted by Crippen LogP contribution is -2.06. The lowest BCUT2D eigenvalue weighted by atomic mass is 10.2. The van der Waals surface area contributed by atoms with Gasteiger partial charge in [0.1, 0.15) is 0 Å². The van der Waals surface area contributed by atoms with Gasteiger partial charge in [-0.3, -0.25) is 0 Å². The first-order chi connectivity index (χ1) is 9.22. The summed E-state index contributed by atoms with van der Waals surface area (Å²) < 4.78 is 7.03. The molecule has 0 saturated carbocycles. The molecule has 0 aliphatic rings. The van der Waals surface area contributed by atoms with Crippen molar-refractivity contribution in [2.24, 2.45) is 0 Å². The van der Waals surface area contributed by atoms with Gasteiger partial charge in [0.25, 0.3) is 0 Å². The lowest BCUT2D eigenvalue weighted by molar-refractivity contribution is 0.140. The van der Waals surface area contributed by atoms with E-state index in [2.05, 4.69) is 15.5 Å². The van der Waals surface area contributed by atoms with Crippen LogP contribution in [0.5, 0.6) is 0 Å². The van der Waals surface area contributed by atoms with Crippen molar-refractivity contribution in [2.75, 3.05) is 18.9 Å². The van der Waals surface area contributed by atoms with Crippen LogP contribution < -0.4 is 5.73 Å². The van der Waals surface area contributed by atoms with Gasteiger partial charge in [0, 0.05) is 25.3 Å². The van der Waals surface area contributed by atoms with Gasteiger partial charge in [0.15, 0.2) is 5.82 Å². The van der Waals surface area contributed by atoms with Crippen LogP contribution in [0.2, 0.25) is 5.02 Å². The van der Waals surface area contributed by atoms with E-state index in [4.69, 9.17) is 22.1 Å². The fourth-order valence-corrected chi connectivity index (χ4v) is 1.87. The van der Waals surface area contributed by atoms with Crippen LogP contribution in [0.3, 0.4) is 0 Å². The number of aryl methyl sites for hydroxylation is 1. The molecular formula is C12H16ClN5O. The average molecular weight is 282 g/mol. The predicted octanol–water partition coefficient (Wildman–Crippen LogP) is 2.00. The van der Waals surface area contributed by atoms with E-state index in [0.29, 0.717) is 29.7 Å². The van der Waals surface area contributed by atoms with Crippen molar-refractivity contribution in [2.45, 2.75) is 19.9 Å². The summed E-state index contributed by atoms with van der Waals surface area (Å²) in [7, 11) is 0. The first-order valence-electron chi connectivity index (χ1n) is 6.11. The van der Waals surface area contributed by atoms with Crippen molar-refractivity contribution in [3.8, 4) is 11.4 Å². The Morgan fingerprint density at radius 2 is 2.26 bits per heavy atom. The van der Waals surface area contributed by atoms with Crippen LogP contribution in [0.1, 0.15) is 13.3 Å². The van der Waals surface area contributed by atoms with Crippen molar-refractivity contribution < 1.29 is 4.74 Å². The van der Waals surface area contributed by atoms with Gasteiger partial charge in [-0.2, -0.15) is 0 Å². The zero-order chi connectivity index (χ0) is 13.7.